The minimum atomic E-state index is -3.54. The third kappa shape index (κ3) is 6.87. The molecule has 3 nitrogen and oxygen atoms in total. The standard InChI is InChI=1S/C26H36F4O3/c1-31-17-5-3-4-6-18-7-9-19(10-8-18)20-11-13-21(14-12-20)26(29,30)33-23-16-15-22(32-2)24(27)25(23)28/h4,6,15-16,18-21H,3,5,7-14,17H2,1-2H3. The van der Waals surface area contributed by atoms with Crippen molar-refractivity contribution in [3.8, 4) is 11.5 Å². The highest BCUT2D eigenvalue weighted by atomic mass is 19.3. The maximum atomic E-state index is 14.7. The van der Waals surface area contributed by atoms with Crippen molar-refractivity contribution < 1.29 is 31.8 Å². The molecule has 0 bridgehead atoms. The number of hydrogen-bond acceptors (Lipinski definition) is 3. The van der Waals surface area contributed by atoms with Gasteiger partial charge in [0.15, 0.2) is 11.5 Å². The lowest BCUT2D eigenvalue weighted by Crippen LogP contribution is -2.38. The second-order valence-electron chi connectivity index (χ2n) is 9.41. The summed E-state index contributed by atoms with van der Waals surface area (Å²) in [6.07, 6.45) is 9.86. The Morgan fingerprint density at radius 3 is 2.06 bits per heavy atom. The molecule has 0 saturated heterocycles. The van der Waals surface area contributed by atoms with E-state index in [-0.39, 0.29) is 5.75 Å². The molecule has 0 heterocycles. The van der Waals surface area contributed by atoms with Gasteiger partial charge < -0.3 is 14.2 Å². The minimum Gasteiger partial charge on any atom is -0.494 e. The molecule has 2 aliphatic rings. The van der Waals surface area contributed by atoms with Crippen LogP contribution in [0, 0.1) is 35.3 Å². The summed E-state index contributed by atoms with van der Waals surface area (Å²) < 4.78 is 71.9. The molecule has 33 heavy (non-hydrogen) atoms. The molecule has 0 unspecified atom stereocenters. The first-order valence-corrected chi connectivity index (χ1v) is 12.1. The van der Waals surface area contributed by atoms with Gasteiger partial charge in [-0.05, 0) is 94.1 Å². The van der Waals surface area contributed by atoms with Crippen LogP contribution in [0.2, 0.25) is 0 Å². The van der Waals surface area contributed by atoms with E-state index in [0.717, 1.165) is 70.1 Å². The smallest absolute Gasteiger partial charge is 0.400 e. The van der Waals surface area contributed by atoms with E-state index in [9.17, 15) is 17.6 Å². The van der Waals surface area contributed by atoms with E-state index in [0.29, 0.717) is 30.6 Å². The van der Waals surface area contributed by atoms with Gasteiger partial charge in [0, 0.05) is 13.7 Å². The van der Waals surface area contributed by atoms with Crippen molar-refractivity contribution in [1.29, 1.82) is 0 Å². The van der Waals surface area contributed by atoms with E-state index in [1.54, 1.807) is 7.11 Å². The van der Waals surface area contributed by atoms with Gasteiger partial charge in [-0.25, -0.2) is 0 Å². The zero-order chi connectivity index (χ0) is 23.8. The molecule has 2 saturated carbocycles. The molecule has 1 aromatic carbocycles. The molecule has 0 radical (unpaired) electrons. The van der Waals surface area contributed by atoms with Crippen LogP contribution in [0.4, 0.5) is 17.6 Å². The van der Waals surface area contributed by atoms with Crippen molar-refractivity contribution in [3.63, 3.8) is 0 Å². The summed E-state index contributed by atoms with van der Waals surface area (Å²) in [5.41, 5.74) is 0. The zero-order valence-electron chi connectivity index (χ0n) is 19.6. The molecule has 0 spiro atoms. The van der Waals surface area contributed by atoms with E-state index in [2.05, 4.69) is 21.6 Å². The van der Waals surface area contributed by atoms with Crippen molar-refractivity contribution >= 4 is 0 Å². The van der Waals surface area contributed by atoms with E-state index in [4.69, 9.17) is 4.74 Å². The van der Waals surface area contributed by atoms with Crippen LogP contribution in [0.15, 0.2) is 24.3 Å². The molecule has 2 fully saturated rings. The van der Waals surface area contributed by atoms with Crippen molar-refractivity contribution in [2.75, 3.05) is 20.8 Å². The first-order valence-electron chi connectivity index (χ1n) is 12.1. The van der Waals surface area contributed by atoms with Crippen molar-refractivity contribution in [1.82, 2.24) is 0 Å². The molecule has 186 valence electrons. The molecule has 7 heteroatoms. The Kier molecular flexibility index (Phi) is 9.47. The van der Waals surface area contributed by atoms with Crippen molar-refractivity contribution in [3.05, 3.63) is 35.9 Å². The predicted octanol–water partition coefficient (Wildman–Crippen LogP) is 7.54. The monoisotopic (exact) mass is 472 g/mol. The first-order chi connectivity index (χ1) is 15.9. The summed E-state index contributed by atoms with van der Waals surface area (Å²) in [5, 5.41) is 0. The molecular formula is C26H36F4O3. The number of unbranched alkanes of at least 4 members (excludes halogenated alkanes) is 1. The Morgan fingerprint density at radius 1 is 0.879 bits per heavy atom. The minimum absolute atomic E-state index is 0.331. The second-order valence-corrected chi connectivity index (χ2v) is 9.41. The van der Waals surface area contributed by atoms with Crippen molar-refractivity contribution in [2.45, 2.75) is 70.3 Å². The first kappa shape index (κ1) is 25.9. The Morgan fingerprint density at radius 2 is 1.45 bits per heavy atom. The quantitative estimate of drug-likeness (QED) is 0.200. The number of halogens is 4. The van der Waals surface area contributed by atoms with Crippen molar-refractivity contribution in [2.24, 2.45) is 23.7 Å². The topological polar surface area (TPSA) is 27.7 Å². The fourth-order valence-corrected chi connectivity index (χ4v) is 5.35. The molecule has 0 aliphatic heterocycles. The average molecular weight is 473 g/mol. The molecular weight excluding hydrogens is 436 g/mol. The maximum absolute atomic E-state index is 14.7. The molecule has 0 aromatic heterocycles. The third-order valence-corrected chi connectivity index (χ3v) is 7.34. The molecule has 3 rings (SSSR count). The number of hydrogen-bond donors (Lipinski definition) is 0. The molecule has 0 amide bonds. The number of benzene rings is 1. The number of ether oxygens (including phenoxy) is 3. The summed E-state index contributed by atoms with van der Waals surface area (Å²) in [6.45, 7) is 0.787. The van der Waals surface area contributed by atoms with Crippen LogP contribution in [0.25, 0.3) is 0 Å². The fourth-order valence-electron chi connectivity index (χ4n) is 5.35. The van der Waals surface area contributed by atoms with E-state index < -0.39 is 29.4 Å². The van der Waals surface area contributed by atoms with E-state index >= 15 is 0 Å². The van der Waals surface area contributed by atoms with Gasteiger partial charge in [-0.15, -0.1) is 0 Å². The van der Waals surface area contributed by atoms with E-state index in [1.165, 1.54) is 7.11 Å². The summed E-state index contributed by atoms with van der Waals surface area (Å²) in [5.74, 6) is -3.23. The predicted molar refractivity (Wildman–Crippen MR) is 120 cm³/mol. The average Bonchev–Trinajstić information content (AvgIpc) is 2.82. The maximum Gasteiger partial charge on any atom is 0.400 e. The number of alkyl halides is 2. The highest BCUT2D eigenvalue weighted by Crippen LogP contribution is 2.46. The summed E-state index contributed by atoms with van der Waals surface area (Å²) >= 11 is 0. The Balaban J connectivity index is 1.45. The van der Waals surface area contributed by atoms with Gasteiger partial charge in [-0.1, -0.05) is 12.2 Å². The number of allylic oxidation sites excluding steroid dienone is 2. The molecule has 1 aromatic rings. The van der Waals surface area contributed by atoms with Crippen LogP contribution in [-0.4, -0.2) is 26.9 Å². The van der Waals surface area contributed by atoms with Gasteiger partial charge >= 0.3 is 6.11 Å². The SMILES string of the molecule is COCCCC=CC1CCC(C2CCC(C(F)(F)Oc3ccc(OC)c(F)c3F)CC2)CC1. The summed E-state index contributed by atoms with van der Waals surface area (Å²) in [7, 11) is 2.90. The molecule has 2 aliphatic carbocycles. The van der Waals surface area contributed by atoms with Gasteiger partial charge in [0.1, 0.15) is 0 Å². The van der Waals surface area contributed by atoms with Crippen LogP contribution in [0.1, 0.15) is 64.2 Å². The van der Waals surface area contributed by atoms with E-state index in [1.807, 2.05) is 0 Å². The number of rotatable bonds is 10. The van der Waals surface area contributed by atoms with Gasteiger partial charge in [0.25, 0.3) is 0 Å². The lowest BCUT2D eigenvalue weighted by Gasteiger charge is -2.39. The van der Waals surface area contributed by atoms with Crippen LogP contribution in [-0.2, 0) is 4.74 Å². The largest absolute Gasteiger partial charge is 0.494 e. The zero-order valence-corrected chi connectivity index (χ0v) is 19.6. The Bertz CT molecular complexity index is 767. The summed E-state index contributed by atoms with van der Waals surface area (Å²) in [6, 6.07) is 2.08. The van der Waals surface area contributed by atoms with Gasteiger partial charge in [-0.3, -0.25) is 0 Å². The van der Waals surface area contributed by atoms with Gasteiger partial charge in [0.2, 0.25) is 11.6 Å². The highest BCUT2D eigenvalue weighted by Gasteiger charge is 2.45. The third-order valence-electron chi connectivity index (χ3n) is 7.34. The van der Waals surface area contributed by atoms with Crippen LogP contribution in [0.5, 0.6) is 11.5 Å². The van der Waals surface area contributed by atoms with Gasteiger partial charge in [-0.2, -0.15) is 17.6 Å². The normalized spacial score (nSPS) is 26.5. The lowest BCUT2D eigenvalue weighted by atomic mass is 9.69. The summed E-state index contributed by atoms with van der Waals surface area (Å²) in [4.78, 5) is 0. The van der Waals surface area contributed by atoms with Gasteiger partial charge in [0.05, 0.1) is 13.0 Å². The lowest BCUT2D eigenvalue weighted by molar-refractivity contribution is -0.225. The molecule has 0 N–H and O–H groups in total. The fraction of sp³-hybridized carbons (Fsp3) is 0.692. The molecule has 0 atom stereocenters. The Hall–Kier alpha value is -1.76. The van der Waals surface area contributed by atoms with Crippen LogP contribution in [0.3, 0.4) is 0 Å². The number of methoxy groups -OCH3 is 2. The second kappa shape index (κ2) is 12.1. The highest BCUT2D eigenvalue weighted by molar-refractivity contribution is 5.35. The van der Waals surface area contributed by atoms with Crippen LogP contribution < -0.4 is 9.47 Å². The Labute approximate surface area is 194 Å². The van der Waals surface area contributed by atoms with Crippen LogP contribution >= 0.6 is 0 Å².